The van der Waals surface area contributed by atoms with Crippen LogP contribution in [0.1, 0.15) is 22.3 Å². The van der Waals surface area contributed by atoms with Gasteiger partial charge in [0.25, 0.3) is 0 Å². The van der Waals surface area contributed by atoms with Crippen molar-refractivity contribution in [3.8, 4) is 33.4 Å². The molecule has 1 aliphatic heterocycles. The number of rotatable bonds is 7. The van der Waals surface area contributed by atoms with E-state index < -0.39 is 5.41 Å². The first-order valence-electron chi connectivity index (χ1n) is 19.7. The largest absolute Gasteiger partial charge is 0.310 e. The Labute approximate surface area is 334 Å². The molecule has 0 amide bonds. The SMILES string of the molecule is c1ccc(-c2ccc(N(c3ccccc3)c3ccc4c(c3)C3(c5ccccc5)c5ccccc5N(c5ccccc5)c5c(-c6ccccc6)ccc-4c53)cc2)cc1. The van der Waals surface area contributed by atoms with Gasteiger partial charge in [0, 0.05) is 33.9 Å². The topological polar surface area (TPSA) is 6.48 Å². The molecule has 1 atom stereocenters. The molecule has 9 aromatic rings. The second-order valence-electron chi connectivity index (χ2n) is 14.9. The zero-order chi connectivity index (χ0) is 37.8. The van der Waals surface area contributed by atoms with Crippen molar-refractivity contribution < 1.29 is 0 Å². The van der Waals surface area contributed by atoms with Crippen LogP contribution in [0, 0.1) is 0 Å². The zero-order valence-corrected chi connectivity index (χ0v) is 31.3. The molecular formula is C55H38N2. The fraction of sp³-hybridized carbons (Fsp3) is 0.0182. The highest BCUT2D eigenvalue weighted by molar-refractivity contribution is 6.04. The Hall–Kier alpha value is -7.42. The lowest BCUT2D eigenvalue weighted by Gasteiger charge is -2.45. The van der Waals surface area contributed by atoms with Gasteiger partial charge in [-0.3, -0.25) is 0 Å². The summed E-state index contributed by atoms with van der Waals surface area (Å²) >= 11 is 0. The second-order valence-corrected chi connectivity index (χ2v) is 14.9. The third-order valence-corrected chi connectivity index (χ3v) is 11.8. The Balaban J connectivity index is 1.21. The lowest BCUT2D eigenvalue weighted by atomic mass is 9.64. The predicted octanol–water partition coefficient (Wildman–Crippen LogP) is 14.6. The summed E-state index contributed by atoms with van der Waals surface area (Å²) in [6, 6.07) is 84.2. The minimum Gasteiger partial charge on any atom is -0.310 e. The minimum absolute atomic E-state index is 0.594. The third-order valence-electron chi connectivity index (χ3n) is 11.8. The lowest BCUT2D eigenvalue weighted by Crippen LogP contribution is -2.36. The summed E-state index contributed by atoms with van der Waals surface area (Å²) in [5, 5.41) is 0. The fourth-order valence-corrected chi connectivity index (χ4v) is 9.46. The van der Waals surface area contributed by atoms with Crippen molar-refractivity contribution in [3.63, 3.8) is 0 Å². The predicted molar refractivity (Wildman–Crippen MR) is 238 cm³/mol. The zero-order valence-electron chi connectivity index (χ0n) is 31.3. The van der Waals surface area contributed by atoms with Crippen LogP contribution in [0.4, 0.5) is 34.1 Å². The Morgan fingerprint density at radius 1 is 0.351 bits per heavy atom. The van der Waals surface area contributed by atoms with Crippen molar-refractivity contribution in [2.45, 2.75) is 5.41 Å². The molecule has 9 aromatic carbocycles. The van der Waals surface area contributed by atoms with Crippen molar-refractivity contribution in [2.75, 3.05) is 9.80 Å². The van der Waals surface area contributed by atoms with Crippen LogP contribution in [0.3, 0.4) is 0 Å². The van der Waals surface area contributed by atoms with Crippen molar-refractivity contribution in [1.82, 2.24) is 0 Å². The number of hydrogen-bond acceptors (Lipinski definition) is 2. The third kappa shape index (κ3) is 5.11. The maximum Gasteiger partial charge on any atom is 0.0755 e. The number of benzene rings is 9. The van der Waals surface area contributed by atoms with Crippen LogP contribution in [-0.2, 0) is 5.41 Å². The van der Waals surface area contributed by atoms with Crippen LogP contribution in [0.15, 0.2) is 231 Å². The van der Waals surface area contributed by atoms with E-state index >= 15 is 0 Å². The molecule has 0 aromatic heterocycles. The van der Waals surface area contributed by atoms with Gasteiger partial charge in [-0.05, 0) is 99.1 Å². The summed E-state index contributed by atoms with van der Waals surface area (Å²) < 4.78 is 0. The summed E-state index contributed by atoms with van der Waals surface area (Å²) in [6.45, 7) is 0. The molecule has 1 aliphatic carbocycles. The van der Waals surface area contributed by atoms with Gasteiger partial charge in [0.15, 0.2) is 0 Å². The highest BCUT2D eigenvalue weighted by atomic mass is 15.2. The van der Waals surface area contributed by atoms with Gasteiger partial charge in [-0.2, -0.15) is 0 Å². The van der Waals surface area contributed by atoms with Gasteiger partial charge < -0.3 is 9.80 Å². The van der Waals surface area contributed by atoms with Crippen LogP contribution in [0.25, 0.3) is 33.4 Å². The molecule has 1 heterocycles. The molecule has 2 nitrogen and oxygen atoms in total. The maximum absolute atomic E-state index is 2.51. The van der Waals surface area contributed by atoms with Gasteiger partial charge in [-0.25, -0.2) is 0 Å². The molecule has 2 heteroatoms. The number of fused-ring (bicyclic) bond motifs is 5. The number of nitrogens with zero attached hydrogens (tertiary/aromatic N) is 2. The molecule has 0 bridgehead atoms. The summed E-state index contributed by atoms with van der Waals surface area (Å²) in [6.07, 6.45) is 0. The van der Waals surface area contributed by atoms with E-state index in [1.807, 2.05) is 0 Å². The van der Waals surface area contributed by atoms with E-state index in [2.05, 4.69) is 240 Å². The van der Waals surface area contributed by atoms with Crippen LogP contribution in [0.2, 0.25) is 0 Å². The lowest BCUT2D eigenvalue weighted by molar-refractivity contribution is 0.754. The van der Waals surface area contributed by atoms with Gasteiger partial charge in [0.05, 0.1) is 16.8 Å². The van der Waals surface area contributed by atoms with Crippen LogP contribution < -0.4 is 9.80 Å². The van der Waals surface area contributed by atoms with Gasteiger partial charge >= 0.3 is 0 Å². The van der Waals surface area contributed by atoms with E-state index in [-0.39, 0.29) is 0 Å². The van der Waals surface area contributed by atoms with Crippen molar-refractivity contribution in [1.29, 1.82) is 0 Å². The number of anilines is 6. The van der Waals surface area contributed by atoms with E-state index in [4.69, 9.17) is 0 Å². The molecule has 0 radical (unpaired) electrons. The van der Waals surface area contributed by atoms with E-state index in [1.54, 1.807) is 0 Å². The first-order valence-corrected chi connectivity index (χ1v) is 19.7. The highest BCUT2D eigenvalue weighted by Gasteiger charge is 2.53. The average Bonchev–Trinajstić information content (AvgIpc) is 3.60. The van der Waals surface area contributed by atoms with Gasteiger partial charge in [-0.15, -0.1) is 0 Å². The van der Waals surface area contributed by atoms with E-state index in [1.165, 1.54) is 67.0 Å². The molecular weight excluding hydrogens is 689 g/mol. The molecule has 57 heavy (non-hydrogen) atoms. The summed E-state index contributed by atoms with van der Waals surface area (Å²) in [5.74, 6) is 0. The fourth-order valence-electron chi connectivity index (χ4n) is 9.46. The molecule has 1 unspecified atom stereocenters. The van der Waals surface area contributed by atoms with E-state index in [0.717, 1.165) is 22.7 Å². The number of para-hydroxylation sites is 3. The summed E-state index contributed by atoms with van der Waals surface area (Å²) in [5.41, 5.74) is 18.8. The first kappa shape index (κ1) is 33.0. The summed E-state index contributed by atoms with van der Waals surface area (Å²) in [7, 11) is 0. The molecule has 11 rings (SSSR count). The van der Waals surface area contributed by atoms with Gasteiger partial charge in [-0.1, -0.05) is 176 Å². The first-order chi connectivity index (χ1) is 28.3. The Bertz CT molecular complexity index is 2870. The van der Waals surface area contributed by atoms with Crippen molar-refractivity contribution in [3.05, 3.63) is 253 Å². The average molecular weight is 727 g/mol. The Morgan fingerprint density at radius 2 is 0.860 bits per heavy atom. The Morgan fingerprint density at radius 3 is 1.56 bits per heavy atom. The van der Waals surface area contributed by atoms with Gasteiger partial charge in [0.2, 0.25) is 0 Å². The van der Waals surface area contributed by atoms with E-state index in [9.17, 15) is 0 Å². The molecule has 0 spiro atoms. The van der Waals surface area contributed by atoms with Crippen LogP contribution in [-0.4, -0.2) is 0 Å². The molecule has 0 N–H and O–H groups in total. The monoisotopic (exact) mass is 726 g/mol. The molecule has 0 saturated heterocycles. The van der Waals surface area contributed by atoms with Crippen LogP contribution in [0.5, 0.6) is 0 Å². The van der Waals surface area contributed by atoms with Crippen LogP contribution >= 0.6 is 0 Å². The maximum atomic E-state index is 2.51. The smallest absolute Gasteiger partial charge is 0.0755 e. The highest BCUT2D eigenvalue weighted by Crippen LogP contribution is 2.66. The minimum atomic E-state index is -0.594. The molecule has 2 aliphatic rings. The standard InChI is InChI=1S/C55H38N2/c1-6-18-39(19-7-1)40-30-32-45(33-31-40)56(43-24-12-4-13-25-43)46-34-35-48-49-37-36-47(41-20-8-2-9-21-41)54-53(49)55(51(48)38-46,42-22-10-3-11-23-42)50-28-16-17-29-52(50)57(54)44-26-14-5-15-27-44/h1-38H. The van der Waals surface area contributed by atoms with Crippen molar-refractivity contribution >= 4 is 34.1 Å². The molecule has 268 valence electrons. The van der Waals surface area contributed by atoms with Gasteiger partial charge in [0.1, 0.15) is 0 Å². The van der Waals surface area contributed by atoms with Crippen molar-refractivity contribution in [2.24, 2.45) is 0 Å². The normalized spacial score (nSPS) is 14.7. The Kier molecular flexibility index (Phi) is 7.75. The van der Waals surface area contributed by atoms with E-state index in [0.29, 0.717) is 0 Å². The second kappa shape index (κ2) is 13.4. The number of hydrogen-bond donors (Lipinski definition) is 0. The summed E-state index contributed by atoms with van der Waals surface area (Å²) in [4.78, 5) is 4.91. The molecule has 0 fully saturated rings. The quantitative estimate of drug-likeness (QED) is 0.161. The molecule has 0 saturated carbocycles.